The van der Waals surface area contributed by atoms with Crippen LogP contribution in [-0.2, 0) is 0 Å². The molecule has 1 amide bonds. The van der Waals surface area contributed by atoms with Crippen molar-refractivity contribution in [2.75, 3.05) is 6.61 Å². The van der Waals surface area contributed by atoms with Crippen molar-refractivity contribution in [3.05, 3.63) is 68.7 Å². The first kappa shape index (κ1) is 22.4. The Balaban J connectivity index is 2.33. The number of aromatic nitrogens is 1. The normalized spacial score (nSPS) is 10.8. The molecule has 0 bridgehead atoms. The molecule has 30 heavy (non-hydrogen) atoms. The van der Waals surface area contributed by atoms with Crippen molar-refractivity contribution < 1.29 is 9.53 Å². The van der Waals surface area contributed by atoms with Gasteiger partial charge in [0.15, 0.2) is 0 Å². The highest BCUT2D eigenvalue weighted by Gasteiger charge is 2.24. The fourth-order valence-electron chi connectivity index (χ4n) is 3.23. The van der Waals surface area contributed by atoms with Crippen LogP contribution in [0.2, 0.25) is 15.1 Å². The number of nitrogens with zero attached hydrogens (tertiary/aromatic N) is 1. The van der Waals surface area contributed by atoms with Crippen molar-refractivity contribution in [1.29, 1.82) is 0 Å². The van der Waals surface area contributed by atoms with E-state index >= 15 is 0 Å². The number of benzene rings is 2. The number of hydrogen-bond acceptors (Lipinski definition) is 3. The summed E-state index contributed by atoms with van der Waals surface area (Å²) in [5.74, 6) is -0.400. The van der Waals surface area contributed by atoms with Crippen LogP contribution in [0.25, 0.3) is 22.4 Å². The van der Waals surface area contributed by atoms with Gasteiger partial charge in [0.05, 0.1) is 17.3 Å². The quantitative estimate of drug-likeness (QED) is 0.385. The highest BCUT2D eigenvalue weighted by molar-refractivity contribution is 6.36. The largest absolute Gasteiger partial charge is 0.477 e. The molecular weight excluding hydrogens is 443 g/mol. The number of ether oxygens (including phenoxy) is 1. The molecule has 0 fully saturated rings. The summed E-state index contributed by atoms with van der Waals surface area (Å²) in [5.41, 5.74) is 9.42. The van der Waals surface area contributed by atoms with E-state index in [1.165, 1.54) is 0 Å². The van der Waals surface area contributed by atoms with Crippen LogP contribution in [0.1, 0.15) is 35.7 Å². The minimum atomic E-state index is -0.601. The lowest BCUT2D eigenvalue weighted by molar-refractivity contribution is 0.0995. The van der Waals surface area contributed by atoms with Crippen molar-refractivity contribution >= 4 is 40.7 Å². The second-order valence-corrected chi connectivity index (χ2v) is 8.12. The Morgan fingerprint density at radius 2 is 1.73 bits per heavy atom. The van der Waals surface area contributed by atoms with E-state index in [2.05, 4.69) is 6.92 Å². The van der Waals surface area contributed by atoms with Gasteiger partial charge in [0, 0.05) is 21.2 Å². The van der Waals surface area contributed by atoms with Gasteiger partial charge < -0.3 is 10.5 Å². The molecule has 0 atom stereocenters. The van der Waals surface area contributed by atoms with Crippen molar-refractivity contribution in [3.8, 4) is 28.3 Å². The standard InChI is InChI=1S/C23H21Cl3N2O2/c1-3-4-11-30-23-20(22(27)29)13(2)19(14-5-7-15(24)8-6-14)21(28-23)17-10-9-16(25)12-18(17)26/h5-10,12H,3-4,11H2,1-2H3,(H2,27,29). The lowest BCUT2D eigenvalue weighted by atomic mass is 9.92. The van der Waals surface area contributed by atoms with Crippen LogP contribution in [0.5, 0.6) is 5.88 Å². The molecule has 4 nitrogen and oxygen atoms in total. The van der Waals surface area contributed by atoms with E-state index in [0.717, 1.165) is 24.0 Å². The summed E-state index contributed by atoms with van der Waals surface area (Å²) in [7, 11) is 0. The van der Waals surface area contributed by atoms with E-state index in [0.29, 0.717) is 38.5 Å². The van der Waals surface area contributed by atoms with Gasteiger partial charge in [0.25, 0.3) is 5.91 Å². The number of primary amides is 1. The summed E-state index contributed by atoms with van der Waals surface area (Å²) in [6.45, 7) is 4.31. The minimum absolute atomic E-state index is 0.201. The summed E-state index contributed by atoms with van der Waals surface area (Å²) >= 11 is 18.7. The van der Waals surface area contributed by atoms with E-state index in [1.54, 1.807) is 30.3 Å². The third-order valence-electron chi connectivity index (χ3n) is 4.72. The highest BCUT2D eigenvalue weighted by Crippen LogP contribution is 2.41. The van der Waals surface area contributed by atoms with Gasteiger partial charge in [-0.2, -0.15) is 0 Å². The average molecular weight is 464 g/mol. The molecule has 0 unspecified atom stereocenters. The summed E-state index contributed by atoms with van der Waals surface area (Å²) < 4.78 is 5.85. The lowest BCUT2D eigenvalue weighted by Gasteiger charge is -2.19. The first-order valence-electron chi connectivity index (χ1n) is 9.52. The van der Waals surface area contributed by atoms with Crippen molar-refractivity contribution in [1.82, 2.24) is 4.98 Å². The van der Waals surface area contributed by atoms with Crippen LogP contribution in [0.3, 0.4) is 0 Å². The summed E-state index contributed by atoms with van der Waals surface area (Å²) in [4.78, 5) is 17.0. The molecule has 2 N–H and O–H groups in total. The summed E-state index contributed by atoms with van der Waals surface area (Å²) in [5, 5.41) is 1.56. The van der Waals surface area contributed by atoms with E-state index < -0.39 is 5.91 Å². The van der Waals surface area contributed by atoms with Crippen LogP contribution < -0.4 is 10.5 Å². The molecule has 0 spiro atoms. The van der Waals surface area contributed by atoms with Crippen LogP contribution in [0.4, 0.5) is 0 Å². The van der Waals surface area contributed by atoms with Gasteiger partial charge in [-0.15, -0.1) is 0 Å². The predicted molar refractivity (Wildman–Crippen MR) is 124 cm³/mol. The number of halogens is 3. The smallest absolute Gasteiger partial charge is 0.254 e. The Bertz CT molecular complexity index is 1080. The zero-order valence-corrected chi connectivity index (χ0v) is 18.9. The van der Waals surface area contributed by atoms with Gasteiger partial charge in [0.2, 0.25) is 5.88 Å². The molecule has 0 saturated heterocycles. The molecule has 2 aromatic carbocycles. The number of pyridine rings is 1. The van der Waals surface area contributed by atoms with Gasteiger partial charge in [-0.1, -0.05) is 60.3 Å². The number of unbranched alkanes of at least 4 members (excludes halogenated alkanes) is 1. The van der Waals surface area contributed by atoms with Crippen molar-refractivity contribution in [3.63, 3.8) is 0 Å². The number of amides is 1. The van der Waals surface area contributed by atoms with Crippen LogP contribution in [0, 0.1) is 6.92 Å². The average Bonchev–Trinajstić information content (AvgIpc) is 2.68. The first-order valence-corrected chi connectivity index (χ1v) is 10.7. The number of nitrogens with two attached hydrogens (primary N) is 1. The number of carbonyl (C=O) groups excluding carboxylic acids is 1. The Kier molecular flexibility index (Phi) is 7.24. The van der Waals surface area contributed by atoms with Gasteiger partial charge >= 0.3 is 0 Å². The zero-order chi connectivity index (χ0) is 21.8. The molecule has 3 aromatic rings. The van der Waals surface area contributed by atoms with E-state index in [1.807, 2.05) is 19.1 Å². The maximum absolute atomic E-state index is 12.3. The molecular formula is C23H21Cl3N2O2. The number of rotatable bonds is 7. The second kappa shape index (κ2) is 9.69. The minimum Gasteiger partial charge on any atom is -0.477 e. The Labute approximate surface area is 190 Å². The third kappa shape index (κ3) is 4.72. The van der Waals surface area contributed by atoms with Crippen LogP contribution in [-0.4, -0.2) is 17.5 Å². The second-order valence-electron chi connectivity index (χ2n) is 6.84. The molecule has 0 aliphatic rings. The molecule has 3 rings (SSSR count). The fourth-order valence-corrected chi connectivity index (χ4v) is 3.85. The highest BCUT2D eigenvalue weighted by atomic mass is 35.5. The van der Waals surface area contributed by atoms with Crippen LogP contribution >= 0.6 is 34.8 Å². The van der Waals surface area contributed by atoms with Crippen LogP contribution in [0.15, 0.2) is 42.5 Å². The van der Waals surface area contributed by atoms with E-state index in [4.69, 9.17) is 50.3 Å². The molecule has 7 heteroatoms. The molecule has 0 radical (unpaired) electrons. The maximum atomic E-state index is 12.3. The Hall–Kier alpha value is -2.27. The Morgan fingerprint density at radius 1 is 1.07 bits per heavy atom. The lowest BCUT2D eigenvalue weighted by Crippen LogP contribution is -2.17. The summed E-state index contributed by atoms with van der Waals surface area (Å²) in [6.07, 6.45) is 1.78. The molecule has 1 aromatic heterocycles. The van der Waals surface area contributed by atoms with Gasteiger partial charge in [-0.25, -0.2) is 4.98 Å². The summed E-state index contributed by atoms with van der Waals surface area (Å²) in [6, 6.07) is 12.5. The van der Waals surface area contributed by atoms with Gasteiger partial charge in [-0.3, -0.25) is 4.79 Å². The molecule has 156 valence electrons. The third-order valence-corrected chi connectivity index (χ3v) is 5.52. The monoisotopic (exact) mass is 462 g/mol. The fraction of sp³-hybridized carbons (Fsp3) is 0.217. The zero-order valence-electron chi connectivity index (χ0n) is 16.6. The van der Waals surface area contributed by atoms with Gasteiger partial charge in [-0.05, 0) is 54.8 Å². The number of carbonyl (C=O) groups is 1. The Morgan fingerprint density at radius 3 is 2.33 bits per heavy atom. The van der Waals surface area contributed by atoms with Crippen molar-refractivity contribution in [2.24, 2.45) is 5.73 Å². The SMILES string of the molecule is CCCCOc1nc(-c2ccc(Cl)cc2Cl)c(-c2ccc(Cl)cc2)c(C)c1C(N)=O. The van der Waals surface area contributed by atoms with Gasteiger partial charge in [0.1, 0.15) is 5.56 Å². The predicted octanol–water partition coefficient (Wildman–Crippen LogP) is 6.96. The molecule has 1 heterocycles. The topological polar surface area (TPSA) is 65.2 Å². The molecule has 0 saturated carbocycles. The van der Waals surface area contributed by atoms with E-state index in [-0.39, 0.29) is 11.4 Å². The molecule has 0 aliphatic heterocycles. The van der Waals surface area contributed by atoms with Crippen molar-refractivity contribution in [2.45, 2.75) is 26.7 Å². The van der Waals surface area contributed by atoms with E-state index in [9.17, 15) is 4.79 Å². The first-order chi connectivity index (χ1) is 14.3. The molecule has 0 aliphatic carbocycles. The maximum Gasteiger partial charge on any atom is 0.254 e. The number of hydrogen-bond donors (Lipinski definition) is 1.